The summed E-state index contributed by atoms with van der Waals surface area (Å²) in [6.07, 6.45) is 0.374. The summed E-state index contributed by atoms with van der Waals surface area (Å²) < 4.78 is 0. The first kappa shape index (κ1) is 13.0. The van der Waals surface area contributed by atoms with E-state index in [-0.39, 0.29) is 18.0 Å². The zero-order valence-electron chi connectivity index (χ0n) is 10.8. The fraction of sp³-hybridized carbons (Fsp3) is 0.357. The molecule has 1 aromatic rings. The molecule has 20 heavy (non-hydrogen) atoms. The van der Waals surface area contributed by atoms with Crippen LogP contribution in [0.3, 0.4) is 0 Å². The van der Waals surface area contributed by atoms with Crippen molar-refractivity contribution in [3.05, 3.63) is 29.8 Å². The number of urea groups is 1. The van der Waals surface area contributed by atoms with Gasteiger partial charge in [0.1, 0.15) is 0 Å². The summed E-state index contributed by atoms with van der Waals surface area (Å²) >= 11 is 1.79. The number of carbonyl (C=O) groups is 2. The number of fused-ring (bicyclic) bond motifs is 1. The number of anilines is 1. The van der Waals surface area contributed by atoms with Crippen molar-refractivity contribution >= 4 is 29.4 Å². The minimum absolute atomic E-state index is 0.0309. The van der Waals surface area contributed by atoms with Crippen LogP contribution in [0.4, 0.5) is 10.5 Å². The average Bonchev–Trinajstić information content (AvgIpc) is 2.48. The SMILES string of the molecule is N#Cc1ccc(N2C(=O)CC3CSCCN3C2=O)cc1. The monoisotopic (exact) mass is 287 g/mol. The van der Waals surface area contributed by atoms with Gasteiger partial charge in [0, 0.05) is 24.5 Å². The molecule has 2 aliphatic rings. The van der Waals surface area contributed by atoms with Crippen molar-refractivity contribution in [2.75, 3.05) is 23.0 Å². The normalized spacial score (nSPS) is 22.4. The average molecular weight is 287 g/mol. The Morgan fingerprint density at radius 3 is 2.70 bits per heavy atom. The van der Waals surface area contributed by atoms with Crippen LogP contribution >= 0.6 is 11.8 Å². The highest BCUT2D eigenvalue weighted by atomic mass is 32.2. The van der Waals surface area contributed by atoms with Crippen molar-refractivity contribution in [2.24, 2.45) is 0 Å². The lowest BCUT2D eigenvalue weighted by atomic mass is 10.1. The van der Waals surface area contributed by atoms with Gasteiger partial charge in [0.25, 0.3) is 0 Å². The van der Waals surface area contributed by atoms with E-state index in [1.165, 1.54) is 4.90 Å². The van der Waals surface area contributed by atoms with Crippen LogP contribution in [-0.4, -0.2) is 40.9 Å². The van der Waals surface area contributed by atoms with Gasteiger partial charge in [-0.25, -0.2) is 9.69 Å². The van der Waals surface area contributed by atoms with Crippen molar-refractivity contribution in [3.63, 3.8) is 0 Å². The largest absolute Gasteiger partial charge is 0.331 e. The molecule has 3 amide bonds. The first-order valence-corrected chi connectivity index (χ1v) is 7.57. The summed E-state index contributed by atoms with van der Waals surface area (Å²) in [7, 11) is 0. The van der Waals surface area contributed by atoms with Gasteiger partial charge in [-0.05, 0) is 24.3 Å². The lowest BCUT2D eigenvalue weighted by Gasteiger charge is -2.42. The summed E-state index contributed by atoms with van der Waals surface area (Å²) in [6, 6.07) is 8.35. The minimum Gasteiger partial charge on any atom is -0.319 e. The molecule has 2 saturated heterocycles. The van der Waals surface area contributed by atoms with Gasteiger partial charge in [-0.15, -0.1) is 0 Å². The summed E-state index contributed by atoms with van der Waals surface area (Å²) in [5.41, 5.74) is 1.05. The Hall–Kier alpha value is -2.00. The molecule has 1 atom stereocenters. The van der Waals surface area contributed by atoms with E-state index in [9.17, 15) is 9.59 Å². The summed E-state index contributed by atoms with van der Waals surface area (Å²) in [6.45, 7) is 0.689. The molecule has 0 saturated carbocycles. The van der Waals surface area contributed by atoms with Crippen LogP contribution in [0, 0.1) is 11.3 Å². The Balaban J connectivity index is 1.90. The Labute approximate surface area is 121 Å². The maximum Gasteiger partial charge on any atom is 0.331 e. The van der Waals surface area contributed by atoms with E-state index < -0.39 is 0 Å². The molecule has 1 unspecified atom stereocenters. The highest BCUT2D eigenvalue weighted by Crippen LogP contribution is 2.28. The highest BCUT2D eigenvalue weighted by Gasteiger charge is 2.40. The van der Waals surface area contributed by atoms with Crippen molar-refractivity contribution in [3.8, 4) is 6.07 Å². The molecule has 1 aromatic carbocycles. The second kappa shape index (κ2) is 5.17. The molecule has 0 aliphatic carbocycles. The highest BCUT2D eigenvalue weighted by molar-refractivity contribution is 7.99. The van der Waals surface area contributed by atoms with Crippen molar-refractivity contribution in [1.29, 1.82) is 5.26 Å². The first-order valence-electron chi connectivity index (χ1n) is 6.42. The molecule has 6 heteroatoms. The Morgan fingerprint density at radius 2 is 2.00 bits per heavy atom. The second-order valence-corrected chi connectivity index (χ2v) is 5.95. The summed E-state index contributed by atoms with van der Waals surface area (Å²) in [5, 5.41) is 8.79. The molecule has 0 N–H and O–H groups in total. The number of imide groups is 1. The number of hydrogen-bond acceptors (Lipinski definition) is 4. The van der Waals surface area contributed by atoms with Crippen molar-refractivity contribution in [1.82, 2.24) is 4.90 Å². The van der Waals surface area contributed by atoms with Crippen LogP contribution in [0.25, 0.3) is 0 Å². The lowest BCUT2D eigenvalue weighted by Crippen LogP contribution is -2.59. The molecule has 0 spiro atoms. The quantitative estimate of drug-likeness (QED) is 0.790. The molecule has 0 aromatic heterocycles. The van der Waals surface area contributed by atoms with E-state index >= 15 is 0 Å². The fourth-order valence-corrected chi connectivity index (χ4v) is 3.61. The third kappa shape index (κ3) is 2.14. The molecular weight excluding hydrogens is 274 g/mol. The van der Waals surface area contributed by atoms with Gasteiger partial charge in [-0.3, -0.25) is 4.79 Å². The topological polar surface area (TPSA) is 64.4 Å². The molecule has 0 bridgehead atoms. The zero-order valence-corrected chi connectivity index (χ0v) is 11.6. The number of nitrogens with zero attached hydrogens (tertiary/aromatic N) is 3. The zero-order chi connectivity index (χ0) is 14.1. The smallest absolute Gasteiger partial charge is 0.319 e. The van der Waals surface area contributed by atoms with Crippen LogP contribution < -0.4 is 4.90 Å². The third-order valence-corrected chi connectivity index (χ3v) is 4.67. The van der Waals surface area contributed by atoms with Gasteiger partial charge >= 0.3 is 6.03 Å². The number of hydrogen-bond donors (Lipinski definition) is 0. The first-order chi connectivity index (χ1) is 9.70. The van der Waals surface area contributed by atoms with Crippen LogP contribution in [0.1, 0.15) is 12.0 Å². The van der Waals surface area contributed by atoms with Crippen LogP contribution in [-0.2, 0) is 4.79 Å². The van der Waals surface area contributed by atoms with Gasteiger partial charge in [-0.1, -0.05) is 0 Å². The predicted octanol–water partition coefficient (Wildman–Crippen LogP) is 1.83. The van der Waals surface area contributed by atoms with Crippen LogP contribution in [0.15, 0.2) is 24.3 Å². The number of carbonyl (C=O) groups excluding carboxylic acids is 2. The molecule has 0 radical (unpaired) electrons. The Bertz CT molecular complexity index is 593. The van der Waals surface area contributed by atoms with Gasteiger partial charge < -0.3 is 4.90 Å². The summed E-state index contributed by atoms with van der Waals surface area (Å²) in [4.78, 5) is 27.7. The Morgan fingerprint density at radius 1 is 1.25 bits per heavy atom. The Kier molecular flexibility index (Phi) is 3.36. The maximum absolute atomic E-state index is 12.5. The molecule has 5 nitrogen and oxygen atoms in total. The van der Waals surface area contributed by atoms with Gasteiger partial charge in [0.05, 0.1) is 23.4 Å². The van der Waals surface area contributed by atoms with Crippen LogP contribution in [0.5, 0.6) is 0 Å². The number of nitriles is 1. The number of benzene rings is 1. The predicted molar refractivity (Wildman–Crippen MR) is 76.5 cm³/mol. The van der Waals surface area contributed by atoms with Gasteiger partial charge in [0.2, 0.25) is 5.91 Å². The van der Waals surface area contributed by atoms with Crippen molar-refractivity contribution < 1.29 is 9.59 Å². The van der Waals surface area contributed by atoms with Crippen molar-refractivity contribution in [2.45, 2.75) is 12.5 Å². The molecule has 3 rings (SSSR count). The van der Waals surface area contributed by atoms with Gasteiger partial charge in [-0.2, -0.15) is 17.0 Å². The minimum atomic E-state index is -0.240. The van der Waals surface area contributed by atoms with Crippen LogP contribution in [0.2, 0.25) is 0 Å². The van der Waals surface area contributed by atoms with E-state index in [0.29, 0.717) is 24.2 Å². The number of amides is 3. The third-order valence-electron chi connectivity index (χ3n) is 3.58. The molecule has 2 fully saturated rings. The molecule has 2 heterocycles. The van der Waals surface area contributed by atoms with E-state index in [0.717, 1.165) is 11.5 Å². The molecule has 102 valence electrons. The second-order valence-electron chi connectivity index (χ2n) is 4.80. The molecular formula is C14H13N3O2S. The van der Waals surface area contributed by atoms with E-state index in [4.69, 9.17) is 5.26 Å². The van der Waals surface area contributed by atoms with Gasteiger partial charge in [0.15, 0.2) is 0 Å². The summed E-state index contributed by atoms with van der Waals surface area (Å²) in [5.74, 6) is 1.58. The van der Waals surface area contributed by atoms with E-state index in [1.54, 1.807) is 40.9 Å². The fourth-order valence-electron chi connectivity index (χ4n) is 2.54. The number of thioether (sulfide) groups is 1. The lowest BCUT2D eigenvalue weighted by molar-refractivity contribution is -0.120. The van der Waals surface area contributed by atoms with E-state index in [2.05, 4.69) is 0 Å². The maximum atomic E-state index is 12.5. The standard InChI is InChI=1S/C14H13N3O2S/c15-8-10-1-3-11(4-2-10)17-13(18)7-12-9-20-6-5-16(12)14(17)19/h1-4,12H,5-7,9H2. The molecule has 2 aliphatic heterocycles. The number of rotatable bonds is 1. The van der Waals surface area contributed by atoms with E-state index in [1.807, 2.05) is 6.07 Å².